The van der Waals surface area contributed by atoms with E-state index in [0.717, 1.165) is 21.9 Å². The first-order valence-electron chi connectivity index (χ1n) is 15.5. The second-order valence-electron chi connectivity index (χ2n) is 11.9. The third kappa shape index (κ3) is 4.13. The lowest BCUT2D eigenvalue weighted by atomic mass is 9.88. The molecule has 210 valence electrons. The first kappa shape index (κ1) is 22.9. The Balaban J connectivity index is 1.32. The minimum absolute atomic E-state index is 0.0257. The number of nitrogens with zero attached hydrogens (tertiary/aromatic N) is 4. The van der Waals surface area contributed by atoms with Gasteiger partial charge in [-0.3, -0.25) is 4.57 Å². The minimum atomic E-state index is -3.34. The van der Waals surface area contributed by atoms with Crippen molar-refractivity contribution >= 4 is 38.9 Å². The van der Waals surface area contributed by atoms with Crippen molar-refractivity contribution in [2.24, 2.45) is 0 Å². The quantitative estimate of drug-likeness (QED) is 0.214. The zero-order valence-corrected chi connectivity index (χ0v) is 23.6. The summed E-state index contributed by atoms with van der Waals surface area (Å²) in [6.45, 7) is 4.03. The van der Waals surface area contributed by atoms with Crippen LogP contribution < -0.4 is 9.80 Å². The lowest BCUT2D eigenvalue weighted by Gasteiger charge is -2.23. The fourth-order valence-corrected chi connectivity index (χ4v) is 5.85. The van der Waals surface area contributed by atoms with Gasteiger partial charge in [-0.2, -0.15) is 8.78 Å². The summed E-state index contributed by atoms with van der Waals surface area (Å²) in [5.74, 6) is -2.68. The summed E-state index contributed by atoms with van der Waals surface area (Å²) in [7, 11) is 0. The smallest absolute Gasteiger partial charge is 0.298 e. The van der Waals surface area contributed by atoms with Crippen LogP contribution in [0.3, 0.4) is 0 Å². The highest BCUT2D eigenvalue weighted by Gasteiger charge is 2.36. The summed E-state index contributed by atoms with van der Waals surface area (Å²) in [6, 6.07) is 30.0. The number of anilines is 3. The van der Waals surface area contributed by atoms with Crippen molar-refractivity contribution in [2.75, 3.05) is 23.4 Å². The summed E-state index contributed by atoms with van der Waals surface area (Å²) in [5.41, 5.74) is 3.90. The number of halogens is 2. The second-order valence-corrected chi connectivity index (χ2v) is 11.9. The van der Waals surface area contributed by atoms with E-state index in [1.165, 1.54) is 23.1 Å². The van der Waals surface area contributed by atoms with E-state index in [0.29, 0.717) is 28.4 Å². The van der Waals surface area contributed by atoms with Crippen LogP contribution in [0.4, 0.5) is 25.8 Å². The van der Waals surface area contributed by atoms with Gasteiger partial charge < -0.3 is 9.80 Å². The summed E-state index contributed by atoms with van der Waals surface area (Å²) in [6.07, 6.45) is 1.85. The second kappa shape index (κ2) is 9.41. The Morgan fingerprint density at radius 3 is 2.19 bits per heavy atom. The molecule has 0 N–H and O–H groups in total. The number of rotatable bonds is 4. The van der Waals surface area contributed by atoms with Crippen LogP contribution in [0, 0.1) is 0 Å². The topological polar surface area (TPSA) is 24.3 Å². The molecular formula is C36H32F2N4. The van der Waals surface area contributed by atoms with Gasteiger partial charge >= 0.3 is 0 Å². The molecule has 4 nitrogen and oxygen atoms in total. The van der Waals surface area contributed by atoms with Crippen molar-refractivity contribution in [3.63, 3.8) is 0 Å². The molecule has 0 saturated carbocycles. The molecule has 0 saturated heterocycles. The molecule has 0 fully saturated rings. The Morgan fingerprint density at radius 2 is 1.43 bits per heavy atom. The molecule has 0 amide bonds. The fraction of sp³-hybridized carbons (Fsp3) is 0.194. The van der Waals surface area contributed by atoms with Crippen LogP contribution in [0.25, 0.3) is 27.6 Å². The summed E-state index contributed by atoms with van der Waals surface area (Å²) in [5, 5.41) is 1.82. The molecule has 3 heterocycles. The fourth-order valence-electron chi connectivity index (χ4n) is 5.85. The summed E-state index contributed by atoms with van der Waals surface area (Å²) < 4.78 is 58.9. The Bertz CT molecular complexity index is 2060. The first-order chi connectivity index (χ1) is 21.3. The molecule has 0 unspecified atom stereocenters. The average molecular weight is 562 g/mol. The molecule has 42 heavy (non-hydrogen) atoms. The first-order valence-corrected chi connectivity index (χ1v) is 14.0. The number of hydrogen-bond acceptors (Lipinski definition) is 3. The van der Waals surface area contributed by atoms with Crippen LogP contribution in [0.1, 0.15) is 41.6 Å². The molecule has 0 atom stereocenters. The summed E-state index contributed by atoms with van der Waals surface area (Å²) in [4.78, 5) is 7.83. The highest BCUT2D eigenvalue weighted by molar-refractivity contribution is 6.09. The van der Waals surface area contributed by atoms with Crippen molar-refractivity contribution in [1.82, 2.24) is 9.55 Å². The Hall–Kier alpha value is -4.71. The molecule has 6 heteroatoms. The maximum atomic E-state index is 16.5. The van der Waals surface area contributed by atoms with E-state index in [2.05, 4.69) is 20.8 Å². The molecule has 0 radical (unpaired) electrons. The van der Waals surface area contributed by atoms with Gasteiger partial charge in [0.1, 0.15) is 5.82 Å². The van der Waals surface area contributed by atoms with E-state index in [9.17, 15) is 0 Å². The maximum Gasteiger partial charge on any atom is 0.298 e. The number of benzene rings is 4. The standard InChI is InChI=1S/C36H32F2N4/c1-35(2,3)26-17-19-34(39-22-26)42-30-13-6-5-12-28(30)29-18-16-25(21-33(29)42)36(37,38)24-10-9-11-27(20-24)41-23-40(4)31-14-7-8-15-32(31)41/h5-22H,23H2,1-4H3/i4D3. The number of hydrogen-bond donors (Lipinski definition) is 0. The van der Waals surface area contributed by atoms with Crippen molar-refractivity contribution in [3.05, 3.63) is 126 Å². The predicted molar refractivity (Wildman–Crippen MR) is 169 cm³/mol. The van der Waals surface area contributed by atoms with Crippen LogP contribution in [0.5, 0.6) is 0 Å². The van der Waals surface area contributed by atoms with Crippen molar-refractivity contribution in [3.8, 4) is 5.82 Å². The molecule has 0 spiro atoms. The normalized spacial score (nSPS) is 15.1. The van der Waals surface area contributed by atoms with E-state index >= 15 is 8.78 Å². The average Bonchev–Trinajstić information content (AvgIpc) is 3.57. The maximum absolute atomic E-state index is 16.5. The third-order valence-electron chi connectivity index (χ3n) is 8.15. The van der Waals surface area contributed by atoms with E-state index in [-0.39, 0.29) is 23.2 Å². The van der Waals surface area contributed by atoms with Crippen LogP contribution in [0.2, 0.25) is 0 Å². The number of aromatic nitrogens is 2. The minimum Gasteiger partial charge on any atom is -0.355 e. The number of para-hydroxylation sites is 3. The molecule has 2 aromatic heterocycles. The molecule has 1 aliphatic rings. The highest BCUT2D eigenvalue weighted by atomic mass is 19.3. The van der Waals surface area contributed by atoms with Gasteiger partial charge in [0.05, 0.1) is 29.1 Å². The zero-order valence-electron chi connectivity index (χ0n) is 26.6. The summed E-state index contributed by atoms with van der Waals surface area (Å²) >= 11 is 0. The van der Waals surface area contributed by atoms with Gasteiger partial charge in [0.2, 0.25) is 0 Å². The van der Waals surface area contributed by atoms with Gasteiger partial charge in [0.25, 0.3) is 5.92 Å². The van der Waals surface area contributed by atoms with Crippen LogP contribution in [-0.4, -0.2) is 23.2 Å². The Morgan fingerprint density at radius 1 is 0.714 bits per heavy atom. The van der Waals surface area contributed by atoms with Crippen LogP contribution in [-0.2, 0) is 11.3 Å². The molecule has 0 aliphatic carbocycles. The van der Waals surface area contributed by atoms with E-state index < -0.39 is 12.9 Å². The lowest BCUT2D eigenvalue weighted by molar-refractivity contribution is 0.0430. The number of pyridine rings is 1. The van der Waals surface area contributed by atoms with Crippen LogP contribution in [0.15, 0.2) is 109 Å². The van der Waals surface area contributed by atoms with Gasteiger partial charge in [-0.1, -0.05) is 81.4 Å². The molecule has 4 aromatic carbocycles. The van der Waals surface area contributed by atoms with Gasteiger partial charge in [0.15, 0.2) is 0 Å². The van der Waals surface area contributed by atoms with E-state index in [1.54, 1.807) is 47.4 Å². The molecule has 7 rings (SSSR count). The predicted octanol–water partition coefficient (Wildman–Crippen LogP) is 9.16. The number of fused-ring (bicyclic) bond motifs is 4. The third-order valence-corrected chi connectivity index (χ3v) is 8.15. The van der Waals surface area contributed by atoms with Gasteiger partial charge in [-0.05, 0) is 53.4 Å². The van der Waals surface area contributed by atoms with Crippen LogP contribution >= 0.6 is 0 Å². The molecule has 1 aliphatic heterocycles. The van der Waals surface area contributed by atoms with Gasteiger partial charge in [0, 0.05) is 44.9 Å². The number of alkyl halides is 2. The van der Waals surface area contributed by atoms with E-state index in [1.807, 2.05) is 53.2 Å². The van der Waals surface area contributed by atoms with Crippen molar-refractivity contribution in [1.29, 1.82) is 0 Å². The molecular weight excluding hydrogens is 526 g/mol. The molecule has 6 aromatic rings. The van der Waals surface area contributed by atoms with Gasteiger partial charge in [-0.15, -0.1) is 0 Å². The van der Waals surface area contributed by atoms with Crippen molar-refractivity contribution in [2.45, 2.75) is 32.1 Å². The SMILES string of the molecule is [2H]C([2H])([2H])N1CN(c2cccc(C(F)(F)c3ccc4c5ccccc5n(-c5ccc(C(C)(C)C)cn5)c4c3)c2)c2ccccc21. The van der Waals surface area contributed by atoms with Crippen molar-refractivity contribution < 1.29 is 12.9 Å². The van der Waals surface area contributed by atoms with E-state index in [4.69, 9.17) is 9.10 Å². The molecule has 0 bridgehead atoms. The Kier molecular flexibility index (Phi) is 5.14. The monoisotopic (exact) mass is 561 g/mol. The largest absolute Gasteiger partial charge is 0.355 e. The highest BCUT2D eigenvalue weighted by Crippen LogP contribution is 2.43. The lowest BCUT2D eigenvalue weighted by Crippen LogP contribution is -2.24. The Labute approximate surface area is 248 Å². The van der Waals surface area contributed by atoms with Gasteiger partial charge in [-0.25, -0.2) is 4.98 Å². The zero-order chi connectivity index (χ0) is 31.7.